The molecular formula is C22H24ClN7O5S3. The van der Waals surface area contributed by atoms with Crippen molar-refractivity contribution in [3.63, 3.8) is 0 Å². The first-order chi connectivity index (χ1) is 18.0. The second-order valence-electron chi connectivity index (χ2n) is 8.84. The third kappa shape index (κ3) is 4.96. The Balaban J connectivity index is 1.35. The lowest BCUT2D eigenvalue weighted by atomic mass is 10.1. The highest BCUT2D eigenvalue weighted by Crippen LogP contribution is 2.34. The van der Waals surface area contributed by atoms with Gasteiger partial charge < -0.3 is 9.80 Å². The fraction of sp³-hybridized carbons (Fsp3) is 0.364. The van der Waals surface area contributed by atoms with E-state index in [9.17, 15) is 21.6 Å². The molecule has 1 amide bonds. The quantitative estimate of drug-likeness (QED) is 0.415. The number of carbonyl (C=O) groups excluding carboxylic acids is 1. The molecule has 1 saturated heterocycles. The van der Waals surface area contributed by atoms with E-state index in [4.69, 9.17) is 11.6 Å². The number of thiazole rings is 1. The van der Waals surface area contributed by atoms with Crippen LogP contribution in [0, 0.1) is 0 Å². The van der Waals surface area contributed by atoms with Crippen LogP contribution in [0.1, 0.15) is 15.9 Å². The minimum absolute atomic E-state index is 0.0770. The zero-order valence-corrected chi connectivity index (χ0v) is 23.7. The minimum atomic E-state index is -3.74. The van der Waals surface area contributed by atoms with Crippen LogP contribution in [0.4, 0.5) is 16.6 Å². The minimum Gasteiger partial charge on any atom is -0.345 e. The molecule has 1 aromatic carbocycles. The molecule has 5 rings (SSSR count). The van der Waals surface area contributed by atoms with Crippen LogP contribution in [-0.2, 0) is 26.5 Å². The van der Waals surface area contributed by atoms with Crippen molar-refractivity contribution in [2.75, 3.05) is 60.1 Å². The summed E-state index contributed by atoms with van der Waals surface area (Å²) in [6.45, 7) is 1.94. The molecule has 0 aliphatic carbocycles. The fourth-order valence-electron chi connectivity index (χ4n) is 4.44. The number of piperazine rings is 1. The van der Waals surface area contributed by atoms with Gasteiger partial charge in [0.1, 0.15) is 5.15 Å². The molecule has 0 atom stereocenters. The number of anilines is 3. The number of nitrogens with zero attached hydrogens (tertiary/aromatic N) is 7. The van der Waals surface area contributed by atoms with Gasteiger partial charge in [0, 0.05) is 50.8 Å². The number of hydrogen-bond donors (Lipinski definition) is 0. The highest BCUT2D eigenvalue weighted by Gasteiger charge is 2.33. The summed E-state index contributed by atoms with van der Waals surface area (Å²) in [4.78, 5) is 21.4. The maximum Gasteiger partial charge on any atom is 0.262 e. The Bertz CT molecular complexity index is 1600. The second kappa shape index (κ2) is 10.0. The zero-order chi connectivity index (χ0) is 27.2. The third-order valence-electron chi connectivity index (χ3n) is 6.53. The van der Waals surface area contributed by atoms with Crippen molar-refractivity contribution >= 4 is 65.5 Å². The SMILES string of the molecule is CN(c1nnccc1C(=O)N1CCc2cc(S(=O)(=O)N3CCN(c4nc(Cl)cs4)CC3)ccc21)S(C)(=O)=O. The van der Waals surface area contributed by atoms with E-state index in [2.05, 4.69) is 15.2 Å². The van der Waals surface area contributed by atoms with Crippen LogP contribution >= 0.6 is 22.9 Å². The first kappa shape index (κ1) is 26.7. The molecule has 16 heteroatoms. The molecule has 12 nitrogen and oxygen atoms in total. The number of fused-ring (bicyclic) bond motifs is 1. The number of hydrogen-bond acceptors (Lipinski definition) is 10. The maximum absolute atomic E-state index is 13.4. The van der Waals surface area contributed by atoms with E-state index in [0.717, 1.165) is 21.3 Å². The van der Waals surface area contributed by atoms with Crippen molar-refractivity contribution in [2.24, 2.45) is 0 Å². The van der Waals surface area contributed by atoms with Crippen LogP contribution in [0.2, 0.25) is 5.15 Å². The summed E-state index contributed by atoms with van der Waals surface area (Å²) in [6.07, 6.45) is 2.79. The average Bonchev–Trinajstić information content (AvgIpc) is 3.53. The molecule has 1 fully saturated rings. The number of carbonyl (C=O) groups is 1. The predicted octanol–water partition coefficient (Wildman–Crippen LogP) is 1.70. The highest BCUT2D eigenvalue weighted by molar-refractivity contribution is 7.92. The number of rotatable bonds is 6. The summed E-state index contributed by atoms with van der Waals surface area (Å²) in [6, 6.07) is 6.15. The Labute approximate surface area is 229 Å². The van der Waals surface area contributed by atoms with Gasteiger partial charge in [0.15, 0.2) is 10.9 Å². The van der Waals surface area contributed by atoms with Crippen LogP contribution in [0.25, 0.3) is 0 Å². The number of amides is 1. The predicted molar refractivity (Wildman–Crippen MR) is 145 cm³/mol. The van der Waals surface area contributed by atoms with E-state index < -0.39 is 26.0 Å². The van der Waals surface area contributed by atoms with Gasteiger partial charge in [-0.3, -0.25) is 9.10 Å². The Morgan fingerprint density at radius 1 is 1.08 bits per heavy atom. The van der Waals surface area contributed by atoms with E-state index in [0.29, 0.717) is 50.0 Å². The molecule has 4 heterocycles. The second-order valence-corrected chi connectivity index (χ2v) is 14.0. The van der Waals surface area contributed by atoms with E-state index >= 15 is 0 Å². The van der Waals surface area contributed by atoms with Crippen LogP contribution in [-0.4, -0.2) is 88.3 Å². The van der Waals surface area contributed by atoms with E-state index in [1.807, 2.05) is 4.90 Å². The normalized spacial score (nSPS) is 16.5. The number of benzene rings is 1. The van der Waals surface area contributed by atoms with Crippen molar-refractivity contribution in [2.45, 2.75) is 11.3 Å². The fourth-order valence-corrected chi connectivity index (χ4v) is 7.36. The van der Waals surface area contributed by atoms with Crippen molar-refractivity contribution in [3.8, 4) is 0 Å². The standard InChI is InChI=1S/C22H24ClN7O5S3/c1-27(37(2,32)33)20-17(5-7-24-26-20)21(31)30-8-6-15-13-16(3-4-18(15)30)38(34,35)29-11-9-28(10-12-29)22-25-19(23)14-36-22/h3-5,7,13-14H,6,8-12H2,1-2H3. The number of halogens is 1. The van der Waals surface area contributed by atoms with E-state index in [1.54, 1.807) is 17.5 Å². The topological polar surface area (TPSA) is 137 Å². The Morgan fingerprint density at radius 3 is 2.47 bits per heavy atom. The molecule has 2 aliphatic heterocycles. The van der Waals surface area contributed by atoms with Crippen molar-refractivity contribution in [3.05, 3.63) is 52.1 Å². The maximum atomic E-state index is 13.4. The van der Waals surface area contributed by atoms with Crippen LogP contribution in [0.5, 0.6) is 0 Å². The van der Waals surface area contributed by atoms with Gasteiger partial charge in [-0.1, -0.05) is 11.6 Å². The Morgan fingerprint density at radius 2 is 1.82 bits per heavy atom. The van der Waals surface area contributed by atoms with Gasteiger partial charge in [0.2, 0.25) is 20.0 Å². The summed E-state index contributed by atoms with van der Waals surface area (Å²) in [5.41, 5.74) is 1.37. The first-order valence-corrected chi connectivity index (χ1v) is 16.1. The molecular weight excluding hydrogens is 574 g/mol. The number of sulfonamides is 2. The van der Waals surface area contributed by atoms with E-state index in [-0.39, 0.29) is 16.3 Å². The van der Waals surface area contributed by atoms with Gasteiger partial charge in [0.05, 0.1) is 22.9 Å². The van der Waals surface area contributed by atoms with Crippen LogP contribution < -0.4 is 14.1 Å². The van der Waals surface area contributed by atoms with Gasteiger partial charge in [0.25, 0.3) is 5.91 Å². The Hall–Kier alpha value is -2.85. The molecule has 0 unspecified atom stereocenters. The highest BCUT2D eigenvalue weighted by atomic mass is 35.5. The Kier molecular flexibility index (Phi) is 7.06. The van der Waals surface area contributed by atoms with Gasteiger partial charge in [-0.2, -0.15) is 9.40 Å². The molecule has 202 valence electrons. The molecule has 0 N–H and O–H groups in total. The summed E-state index contributed by atoms with van der Waals surface area (Å²) >= 11 is 7.34. The lowest BCUT2D eigenvalue weighted by Gasteiger charge is -2.33. The smallest absolute Gasteiger partial charge is 0.262 e. The van der Waals surface area contributed by atoms with Gasteiger partial charge in [-0.25, -0.2) is 21.8 Å². The lowest BCUT2D eigenvalue weighted by molar-refractivity contribution is 0.0989. The van der Waals surface area contributed by atoms with Crippen molar-refractivity contribution in [1.82, 2.24) is 19.5 Å². The molecule has 0 saturated carbocycles. The van der Waals surface area contributed by atoms with Gasteiger partial charge >= 0.3 is 0 Å². The van der Waals surface area contributed by atoms with Crippen molar-refractivity contribution in [1.29, 1.82) is 0 Å². The number of aromatic nitrogens is 3. The van der Waals surface area contributed by atoms with Crippen LogP contribution in [0.3, 0.4) is 0 Å². The molecule has 38 heavy (non-hydrogen) atoms. The summed E-state index contributed by atoms with van der Waals surface area (Å²) in [5, 5.41) is 10.5. The monoisotopic (exact) mass is 597 g/mol. The summed E-state index contributed by atoms with van der Waals surface area (Å²) < 4.78 is 53.2. The largest absolute Gasteiger partial charge is 0.345 e. The lowest BCUT2D eigenvalue weighted by Crippen LogP contribution is -2.48. The first-order valence-electron chi connectivity index (χ1n) is 11.5. The van der Waals surface area contributed by atoms with E-state index in [1.165, 1.54) is 45.9 Å². The molecule has 3 aromatic rings. The molecule has 2 aliphatic rings. The summed E-state index contributed by atoms with van der Waals surface area (Å²) in [7, 11) is -6.11. The van der Waals surface area contributed by atoms with Gasteiger partial charge in [-0.15, -0.1) is 16.4 Å². The molecule has 0 spiro atoms. The summed E-state index contributed by atoms with van der Waals surface area (Å²) in [5.74, 6) is -0.523. The molecule has 0 radical (unpaired) electrons. The third-order valence-corrected chi connectivity index (χ3v) is 10.8. The van der Waals surface area contributed by atoms with Crippen molar-refractivity contribution < 1.29 is 21.6 Å². The van der Waals surface area contributed by atoms with Crippen LogP contribution in [0.15, 0.2) is 40.7 Å². The van der Waals surface area contributed by atoms with Gasteiger partial charge in [-0.05, 0) is 36.2 Å². The average molecular weight is 598 g/mol. The zero-order valence-electron chi connectivity index (χ0n) is 20.5. The molecule has 0 bridgehead atoms. The molecule has 2 aromatic heterocycles.